The average Bonchev–Trinajstić information content (AvgIpc) is 2.89. The third-order valence-electron chi connectivity index (χ3n) is 2.94. The Bertz CT molecular complexity index is 552. The van der Waals surface area contributed by atoms with E-state index >= 15 is 0 Å². The second-order valence-corrected chi connectivity index (χ2v) is 6.03. The molecule has 0 amide bonds. The third kappa shape index (κ3) is 3.29. The lowest BCUT2D eigenvalue weighted by atomic mass is 9.88. The zero-order valence-electron chi connectivity index (χ0n) is 11.7. The molecular formula is C14H18ClN3O2. The fourth-order valence-corrected chi connectivity index (χ4v) is 1.89. The molecule has 0 saturated heterocycles. The predicted molar refractivity (Wildman–Crippen MR) is 76.6 cm³/mol. The molecule has 0 bridgehead atoms. The summed E-state index contributed by atoms with van der Waals surface area (Å²) in [5, 5.41) is 15.1. The molecule has 2 atom stereocenters. The average molecular weight is 296 g/mol. The number of aliphatic hydroxyl groups is 1. The van der Waals surface area contributed by atoms with Crippen LogP contribution in [0.1, 0.15) is 27.0 Å². The summed E-state index contributed by atoms with van der Waals surface area (Å²) >= 11 is 6.10. The van der Waals surface area contributed by atoms with Crippen molar-refractivity contribution in [3.05, 3.63) is 41.9 Å². The van der Waals surface area contributed by atoms with E-state index < -0.39 is 12.3 Å². The van der Waals surface area contributed by atoms with Crippen LogP contribution in [0.5, 0.6) is 5.75 Å². The number of aromatic nitrogens is 3. The fraction of sp³-hybridized carbons (Fsp3) is 0.429. The lowest BCUT2D eigenvalue weighted by Crippen LogP contribution is -2.39. The highest BCUT2D eigenvalue weighted by Crippen LogP contribution is 2.32. The molecule has 1 aromatic carbocycles. The number of aliphatic hydroxyl groups excluding tert-OH is 1. The first-order valence-electron chi connectivity index (χ1n) is 6.33. The Morgan fingerprint density at radius 3 is 2.55 bits per heavy atom. The van der Waals surface area contributed by atoms with Crippen LogP contribution in [0.2, 0.25) is 5.02 Å². The monoisotopic (exact) mass is 295 g/mol. The summed E-state index contributed by atoms with van der Waals surface area (Å²) in [6, 6.07) is 7.13. The normalized spacial score (nSPS) is 14.8. The van der Waals surface area contributed by atoms with E-state index in [0.29, 0.717) is 10.8 Å². The van der Waals surface area contributed by atoms with Gasteiger partial charge in [-0.3, -0.25) is 0 Å². The van der Waals surface area contributed by atoms with Crippen LogP contribution in [-0.4, -0.2) is 26.0 Å². The molecular weight excluding hydrogens is 278 g/mol. The largest absolute Gasteiger partial charge is 0.464 e. The fourth-order valence-electron chi connectivity index (χ4n) is 1.71. The number of nitrogens with zero attached hydrogens (tertiary/aromatic N) is 3. The van der Waals surface area contributed by atoms with Crippen LogP contribution in [-0.2, 0) is 0 Å². The molecule has 0 aliphatic heterocycles. The van der Waals surface area contributed by atoms with Gasteiger partial charge in [0.25, 0.3) is 0 Å². The first-order valence-corrected chi connectivity index (χ1v) is 6.71. The van der Waals surface area contributed by atoms with Gasteiger partial charge >= 0.3 is 0 Å². The quantitative estimate of drug-likeness (QED) is 0.942. The number of halogens is 1. The molecule has 1 aromatic heterocycles. The Kier molecular flexibility index (Phi) is 4.30. The lowest BCUT2D eigenvalue weighted by Gasteiger charge is -2.32. The minimum Gasteiger partial charge on any atom is -0.464 e. The van der Waals surface area contributed by atoms with E-state index in [-0.39, 0.29) is 5.41 Å². The van der Waals surface area contributed by atoms with Gasteiger partial charge in [-0.25, -0.2) is 9.67 Å². The predicted octanol–water partition coefficient (Wildman–Crippen LogP) is 2.92. The van der Waals surface area contributed by atoms with Gasteiger partial charge in [0.05, 0.1) is 5.02 Å². The number of para-hydroxylation sites is 1. The van der Waals surface area contributed by atoms with Gasteiger partial charge in [-0.2, -0.15) is 5.10 Å². The Labute approximate surface area is 123 Å². The molecule has 0 saturated carbocycles. The minimum absolute atomic E-state index is 0.377. The highest BCUT2D eigenvalue weighted by atomic mass is 35.5. The first kappa shape index (κ1) is 14.8. The topological polar surface area (TPSA) is 60.2 Å². The van der Waals surface area contributed by atoms with Crippen LogP contribution in [0.25, 0.3) is 0 Å². The van der Waals surface area contributed by atoms with E-state index in [1.807, 2.05) is 32.9 Å². The smallest absolute Gasteiger partial charge is 0.219 e. The SMILES string of the molecule is CC(C)(C)C(O)C(Oc1ccccc1Cl)n1cncn1. The molecule has 0 aliphatic carbocycles. The van der Waals surface area contributed by atoms with Gasteiger partial charge in [-0.05, 0) is 17.5 Å². The highest BCUT2D eigenvalue weighted by Gasteiger charge is 2.34. The molecule has 1 heterocycles. The Balaban J connectivity index is 2.31. The molecule has 108 valence electrons. The van der Waals surface area contributed by atoms with Crippen molar-refractivity contribution in [2.75, 3.05) is 0 Å². The van der Waals surface area contributed by atoms with Crippen LogP contribution >= 0.6 is 11.6 Å². The van der Waals surface area contributed by atoms with Crippen LogP contribution in [0.3, 0.4) is 0 Å². The number of hydrogen-bond acceptors (Lipinski definition) is 4. The van der Waals surface area contributed by atoms with Gasteiger partial charge in [0, 0.05) is 0 Å². The van der Waals surface area contributed by atoms with Gasteiger partial charge in [0.1, 0.15) is 24.5 Å². The molecule has 6 heteroatoms. The number of ether oxygens (including phenoxy) is 1. The molecule has 20 heavy (non-hydrogen) atoms. The summed E-state index contributed by atoms with van der Waals surface area (Å²) in [4.78, 5) is 3.90. The summed E-state index contributed by atoms with van der Waals surface area (Å²) in [6.07, 6.45) is 1.44. The summed E-state index contributed by atoms with van der Waals surface area (Å²) in [5.74, 6) is 0.498. The van der Waals surface area contributed by atoms with Crippen molar-refractivity contribution in [2.24, 2.45) is 5.41 Å². The molecule has 0 fully saturated rings. The standard InChI is InChI=1S/C14H18ClN3O2/c1-14(2,3)12(19)13(18-9-16-8-17-18)20-11-7-5-4-6-10(11)15/h4-9,12-13,19H,1-3H3. The highest BCUT2D eigenvalue weighted by molar-refractivity contribution is 6.32. The van der Waals surface area contributed by atoms with Crippen LogP contribution in [0.4, 0.5) is 0 Å². The number of rotatable bonds is 4. The van der Waals surface area contributed by atoms with Gasteiger partial charge in [-0.1, -0.05) is 44.5 Å². The Morgan fingerprint density at radius 2 is 2.00 bits per heavy atom. The van der Waals surface area contributed by atoms with Crippen molar-refractivity contribution in [2.45, 2.75) is 33.1 Å². The maximum absolute atomic E-state index is 10.5. The second kappa shape index (κ2) is 5.81. The Hall–Kier alpha value is -1.59. The summed E-state index contributed by atoms with van der Waals surface area (Å²) in [6.45, 7) is 5.78. The van der Waals surface area contributed by atoms with Crippen molar-refractivity contribution in [3.8, 4) is 5.75 Å². The molecule has 1 N–H and O–H groups in total. The van der Waals surface area contributed by atoms with E-state index in [2.05, 4.69) is 10.1 Å². The summed E-state index contributed by atoms with van der Waals surface area (Å²) in [7, 11) is 0. The molecule has 0 aliphatic rings. The summed E-state index contributed by atoms with van der Waals surface area (Å²) in [5.41, 5.74) is -0.377. The molecule has 2 unspecified atom stereocenters. The lowest BCUT2D eigenvalue weighted by molar-refractivity contribution is -0.0730. The van der Waals surface area contributed by atoms with Crippen molar-refractivity contribution in [1.29, 1.82) is 0 Å². The van der Waals surface area contributed by atoms with Crippen LogP contribution < -0.4 is 4.74 Å². The van der Waals surface area contributed by atoms with E-state index in [1.54, 1.807) is 12.1 Å². The van der Waals surface area contributed by atoms with Gasteiger partial charge in [0.2, 0.25) is 6.23 Å². The van der Waals surface area contributed by atoms with Crippen LogP contribution in [0, 0.1) is 5.41 Å². The van der Waals surface area contributed by atoms with Crippen molar-refractivity contribution < 1.29 is 9.84 Å². The zero-order chi connectivity index (χ0) is 14.8. The van der Waals surface area contributed by atoms with E-state index in [9.17, 15) is 5.11 Å². The Morgan fingerprint density at radius 1 is 1.30 bits per heavy atom. The first-order chi connectivity index (χ1) is 9.39. The van der Waals surface area contributed by atoms with E-state index in [0.717, 1.165) is 0 Å². The molecule has 0 radical (unpaired) electrons. The zero-order valence-corrected chi connectivity index (χ0v) is 12.4. The molecule has 0 spiro atoms. The number of hydrogen-bond donors (Lipinski definition) is 1. The molecule has 5 nitrogen and oxygen atoms in total. The number of benzene rings is 1. The van der Waals surface area contributed by atoms with E-state index in [1.165, 1.54) is 17.3 Å². The molecule has 2 rings (SSSR count). The minimum atomic E-state index is -0.777. The summed E-state index contributed by atoms with van der Waals surface area (Å²) < 4.78 is 7.34. The maximum Gasteiger partial charge on any atom is 0.219 e. The van der Waals surface area contributed by atoms with Crippen molar-refractivity contribution in [3.63, 3.8) is 0 Å². The van der Waals surface area contributed by atoms with Gasteiger partial charge in [0.15, 0.2) is 0 Å². The third-order valence-corrected chi connectivity index (χ3v) is 3.25. The van der Waals surface area contributed by atoms with Crippen LogP contribution in [0.15, 0.2) is 36.9 Å². The van der Waals surface area contributed by atoms with Gasteiger partial charge < -0.3 is 9.84 Å². The molecule has 2 aromatic rings. The van der Waals surface area contributed by atoms with E-state index in [4.69, 9.17) is 16.3 Å². The van der Waals surface area contributed by atoms with Crippen molar-refractivity contribution >= 4 is 11.6 Å². The second-order valence-electron chi connectivity index (χ2n) is 5.63. The van der Waals surface area contributed by atoms with Crippen molar-refractivity contribution in [1.82, 2.24) is 14.8 Å². The maximum atomic E-state index is 10.5. The van der Waals surface area contributed by atoms with Gasteiger partial charge in [-0.15, -0.1) is 0 Å².